The van der Waals surface area contributed by atoms with Gasteiger partial charge in [0.25, 0.3) is 0 Å². The molecule has 0 heteroatoms. The molecule has 0 nitrogen and oxygen atoms in total. The Labute approximate surface area is 74.4 Å². The molecule has 0 saturated carbocycles. The van der Waals surface area contributed by atoms with Crippen LogP contribution in [0.4, 0.5) is 0 Å². The summed E-state index contributed by atoms with van der Waals surface area (Å²) in [4.78, 5) is 0. The number of hydrogen-bond donors (Lipinski definition) is 0. The van der Waals surface area contributed by atoms with E-state index in [1.54, 1.807) is 0 Å². The second-order valence-corrected chi connectivity index (χ2v) is 4.41. The van der Waals surface area contributed by atoms with Gasteiger partial charge in [-0.25, -0.2) is 0 Å². The number of allylic oxidation sites excluding steroid dienone is 4. The lowest BCUT2D eigenvalue weighted by molar-refractivity contribution is 0.599. The Bertz CT molecular complexity index is 220. The van der Waals surface area contributed by atoms with Crippen LogP contribution in [0.3, 0.4) is 0 Å². The van der Waals surface area contributed by atoms with Gasteiger partial charge < -0.3 is 0 Å². The highest BCUT2D eigenvalue weighted by molar-refractivity contribution is 5.33. The van der Waals surface area contributed by atoms with Gasteiger partial charge in [-0.05, 0) is 51.4 Å². The van der Waals surface area contributed by atoms with Crippen LogP contribution in [0, 0.1) is 0 Å². The van der Waals surface area contributed by atoms with Crippen LogP contribution in [0.15, 0.2) is 22.3 Å². The molecule has 64 valence electrons. The molecule has 12 heavy (non-hydrogen) atoms. The average molecular weight is 160 g/mol. The van der Waals surface area contributed by atoms with E-state index in [2.05, 4.69) is 0 Å². The van der Waals surface area contributed by atoms with Crippen LogP contribution in [-0.4, -0.2) is 0 Å². The van der Waals surface area contributed by atoms with Gasteiger partial charge in [-0.15, -0.1) is 0 Å². The summed E-state index contributed by atoms with van der Waals surface area (Å²) in [5.41, 5.74) is 7.31. The molecule has 0 amide bonds. The Morgan fingerprint density at radius 3 is 0.667 bits per heavy atom. The minimum absolute atomic E-state index is 1.41. The Morgan fingerprint density at radius 1 is 0.333 bits per heavy atom. The molecule has 0 aromatic rings. The first-order valence-corrected chi connectivity index (χ1v) is 5.33. The first-order chi connectivity index (χ1) is 5.93. The summed E-state index contributed by atoms with van der Waals surface area (Å²) in [7, 11) is 0. The van der Waals surface area contributed by atoms with E-state index in [9.17, 15) is 0 Å². The standard InChI is InChI=1S/C12H16/c1-2-10-7-8-12-4-3-11(12)6-5-9(1)10/h1-8H2. The maximum atomic E-state index is 1.83. The van der Waals surface area contributed by atoms with Crippen molar-refractivity contribution in [2.45, 2.75) is 51.4 Å². The van der Waals surface area contributed by atoms with E-state index in [0.29, 0.717) is 0 Å². The third-order valence-electron chi connectivity index (χ3n) is 3.91. The minimum atomic E-state index is 1.41. The molecule has 3 aliphatic rings. The monoisotopic (exact) mass is 160 g/mol. The van der Waals surface area contributed by atoms with Gasteiger partial charge in [0.1, 0.15) is 0 Å². The van der Waals surface area contributed by atoms with Crippen LogP contribution in [0.5, 0.6) is 0 Å². The average Bonchev–Trinajstić information content (AvgIpc) is 2.00. The molecule has 0 atom stereocenters. The lowest BCUT2D eigenvalue weighted by Crippen LogP contribution is -2.12. The summed E-state index contributed by atoms with van der Waals surface area (Å²) < 4.78 is 0. The SMILES string of the molecule is C1CC2=C1CCC1=C(CC1)CC2. The first-order valence-electron chi connectivity index (χ1n) is 5.33. The maximum absolute atomic E-state index is 1.83. The fourth-order valence-corrected chi connectivity index (χ4v) is 2.77. The summed E-state index contributed by atoms with van der Waals surface area (Å²) in [5, 5.41) is 0. The van der Waals surface area contributed by atoms with E-state index in [0.717, 1.165) is 0 Å². The highest BCUT2D eigenvalue weighted by Crippen LogP contribution is 2.43. The molecule has 3 aliphatic carbocycles. The predicted molar refractivity (Wildman–Crippen MR) is 51.0 cm³/mol. The molecule has 0 N–H and O–H groups in total. The third-order valence-corrected chi connectivity index (χ3v) is 3.91. The quantitative estimate of drug-likeness (QED) is 0.473. The maximum Gasteiger partial charge on any atom is -0.0280 e. The minimum Gasteiger partial charge on any atom is -0.0704 e. The Morgan fingerprint density at radius 2 is 0.500 bits per heavy atom. The van der Waals surface area contributed by atoms with E-state index in [1.807, 2.05) is 22.3 Å². The summed E-state index contributed by atoms with van der Waals surface area (Å²) >= 11 is 0. The van der Waals surface area contributed by atoms with E-state index < -0.39 is 0 Å². The van der Waals surface area contributed by atoms with Gasteiger partial charge in [-0.3, -0.25) is 0 Å². The molecule has 0 aliphatic heterocycles. The van der Waals surface area contributed by atoms with E-state index in [4.69, 9.17) is 0 Å². The third kappa shape index (κ3) is 0.903. The molecule has 0 heterocycles. The molecule has 0 bridgehead atoms. The van der Waals surface area contributed by atoms with Gasteiger partial charge >= 0.3 is 0 Å². The van der Waals surface area contributed by atoms with Crippen molar-refractivity contribution in [1.29, 1.82) is 0 Å². The van der Waals surface area contributed by atoms with Crippen molar-refractivity contribution in [3.63, 3.8) is 0 Å². The van der Waals surface area contributed by atoms with Gasteiger partial charge in [0.15, 0.2) is 0 Å². The Kier molecular flexibility index (Phi) is 1.44. The molecule has 0 fully saturated rings. The topological polar surface area (TPSA) is 0 Å². The zero-order valence-corrected chi connectivity index (χ0v) is 7.66. The van der Waals surface area contributed by atoms with Crippen LogP contribution >= 0.6 is 0 Å². The molecule has 3 rings (SSSR count). The van der Waals surface area contributed by atoms with Gasteiger partial charge in [0.05, 0.1) is 0 Å². The molecule has 0 aromatic heterocycles. The first kappa shape index (κ1) is 6.94. The molecular weight excluding hydrogens is 144 g/mol. The zero-order valence-electron chi connectivity index (χ0n) is 7.66. The largest absolute Gasteiger partial charge is 0.0704 e. The van der Waals surface area contributed by atoms with Gasteiger partial charge in [0.2, 0.25) is 0 Å². The van der Waals surface area contributed by atoms with Crippen LogP contribution in [-0.2, 0) is 0 Å². The van der Waals surface area contributed by atoms with Gasteiger partial charge in [0, 0.05) is 0 Å². The normalized spacial score (nSPS) is 28.0. The molecule has 0 unspecified atom stereocenters. The van der Waals surface area contributed by atoms with Crippen molar-refractivity contribution >= 4 is 0 Å². The number of hydrogen-bond acceptors (Lipinski definition) is 0. The lowest BCUT2D eigenvalue weighted by atomic mass is 9.74. The summed E-state index contributed by atoms with van der Waals surface area (Å²) in [6.07, 6.45) is 11.4. The molecule has 0 saturated heterocycles. The summed E-state index contributed by atoms with van der Waals surface area (Å²) in [6.45, 7) is 0. The van der Waals surface area contributed by atoms with Gasteiger partial charge in [-0.1, -0.05) is 22.3 Å². The summed E-state index contributed by atoms with van der Waals surface area (Å²) in [6, 6.07) is 0. The van der Waals surface area contributed by atoms with E-state index in [1.165, 1.54) is 51.4 Å². The second kappa shape index (κ2) is 2.48. The van der Waals surface area contributed by atoms with Crippen molar-refractivity contribution < 1.29 is 0 Å². The molecular formula is C12H16. The Hall–Kier alpha value is -0.520. The van der Waals surface area contributed by atoms with Gasteiger partial charge in [-0.2, -0.15) is 0 Å². The van der Waals surface area contributed by atoms with E-state index in [-0.39, 0.29) is 0 Å². The van der Waals surface area contributed by atoms with Crippen LogP contribution in [0.2, 0.25) is 0 Å². The van der Waals surface area contributed by atoms with Crippen molar-refractivity contribution in [2.24, 2.45) is 0 Å². The predicted octanol–water partition coefficient (Wildman–Crippen LogP) is 3.74. The van der Waals surface area contributed by atoms with Crippen molar-refractivity contribution in [3.8, 4) is 0 Å². The van der Waals surface area contributed by atoms with Crippen LogP contribution in [0.25, 0.3) is 0 Å². The smallest absolute Gasteiger partial charge is 0.0280 e. The fraction of sp³-hybridized carbons (Fsp3) is 0.667. The zero-order chi connectivity index (χ0) is 7.97. The molecule has 0 spiro atoms. The second-order valence-electron chi connectivity index (χ2n) is 4.41. The van der Waals surface area contributed by atoms with E-state index >= 15 is 0 Å². The van der Waals surface area contributed by atoms with Crippen molar-refractivity contribution in [2.75, 3.05) is 0 Å². The molecule has 0 aromatic carbocycles. The highest BCUT2D eigenvalue weighted by atomic mass is 14.3. The fourth-order valence-electron chi connectivity index (χ4n) is 2.77. The van der Waals surface area contributed by atoms with Crippen molar-refractivity contribution in [1.82, 2.24) is 0 Å². The van der Waals surface area contributed by atoms with Crippen LogP contribution in [0.1, 0.15) is 51.4 Å². The number of rotatable bonds is 0. The Balaban J connectivity index is 1.81. The molecule has 0 radical (unpaired) electrons. The van der Waals surface area contributed by atoms with Crippen LogP contribution < -0.4 is 0 Å². The highest BCUT2D eigenvalue weighted by Gasteiger charge is 2.24. The summed E-state index contributed by atoms with van der Waals surface area (Å²) in [5.74, 6) is 0. The van der Waals surface area contributed by atoms with Crippen molar-refractivity contribution in [3.05, 3.63) is 22.3 Å². The lowest BCUT2D eigenvalue weighted by Gasteiger charge is -2.32.